The highest BCUT2D eigenvalue weighted by Crippen LogP contribution is 2.33. The second-order valence-electron chi connectivity index (χ2n) is 6.61. The summed E-state index contributed by atoms with van der Waals surface area (Å²) in [6, 6.07) is 3.30. The summed E-state index contributed by atoms with van der Waals surface area (Å²) in [6.45, 7) is 3.84. The number of anilines is 1. The summed E-state index contributed by atoms with van der Waals surface area (Å²) in [6.07, 6.45) is 1.79. The van der Waals surface area contributed by atoms with Crippen molar-refractivity contribution in [3.63, 3.8) is 0 Å². The Hall–Kier alpha value is -2.66. The van der Waals surface area contributed by atoms with Gasteiger partial charge in [0, 0.05) is 17.7 Å². The number of thioether (sulfide) groups is 1. The van der Waals surface area contributed by atoms with Gasteiger partial charge >= 0.3 is 5.97 Å². The Kier molecular flexibility index (Phi) is 9.73. The number of ether oxygens (including phenoxy) is 1. The van der Waals surface area contributed by atoms with E-state index >= 15 is 0 Å². The van der Waals surface area contributed by atoms with Crippen molar-refractivity contribution in [1.82, 2.24) is 10.2 Å². The minimum absolute atomic E-state index is 0.00647. The zero-order valence-corrected chi connectivity index (χ0v) is 19.0. The third-order valence-electron chi connectivity index (χ3n) is 4.11. The zero-order chi connectivity index (χ0) is 22.8. The van der Waals surface area contributed by atoms with Crippen LogP contribution in [0.2, 0.25) is 0 Å². The highest BCUT2D eigenvalue weighted by atomic mass is 32.2. The molecule has 0 aliphatic heterocycles. The number of nitrogens with one attached hydrogen (secondary N) is 1. The highest BCUT2D eigenvalue weighted by Gasteiger charge is 2.16. The van der Waals surface area contributed by atoms with Gasteiger partial charge in [-0.1, -0.05) is 36.4 Å². The molecule has 0 unspecified atom stereocenters. The second-order valence-corrected chi connectivity index (χ2v) is 8.93. The van der Waals surface area contributed by atoms with Crippen LogP contribution in [0.15, 0.2) is 16.5 Å². The van der Waals surface area contributed by atoms with E-state index in [-0.39, 0.29) is 24.4 Å². The molecule has 168 valence electrons. The topological polar surface area (TPSA) is 139 Å². The number of hydrogen-bond acceptors (Lipinski definition) is 9. The van der Waals surface area contributed by atoms with Gasteiger partial charge < -0.3 is 20.3 Å². The number of hydrogen-bond donors (Lipinski definition) is 3. The minimum atomic E-state index is -1.03. The van der Waals surface area contributed by atoms with Crippen molar-refractivity contribution in [2.45, 2.75) is 50.3 Å². The Balaban J connectivity index is 1.79. The number of carbonyl (C=O) groups excluding carboxylic acids is 2. The number of carbonyl (C=O) groups is 3. The van der Waals surface area contributed by atoms with Crippen LogP contribution in [0.25, 0.3) is 0 Å². The maximum Gasteiger partial charge on any atom is 0.303 e. The van der Waals surface area contributed by atoms with Crippen molar-refractivity contribution in [3.05, 3.63) is 23.3 Å². The van der Waals surface area contributed by atoms with Gasteiger partial charge in [-0.05, 0) is 31.9 Å². The van der Waals surface area contributed by atoms with Crippen LogP contribution in [-0.4, -0.2) is 50.4 Å². The number of carboxylic acids is 1. The molecule has 3 N–H and O–H groups in total. The van der Waals surface area contributed by atoms with Crippen molar-refractivity contribution in [3.8, 4) is 11.5 Å². The lowest BCUT2D eigenvalue weighted by Gasteiger charge is -2.14. The number of ketones is 1. The van der Waals surface area contributed by atoms with Gasteiger partial charge in [0.25, 0.3) is 0 Å². The van der Waals surface area contributed by atoms with E-state index in [4.69, 9.17) is 9.84 Å². The summed E-state index contributed by atoms with van der Waals surface area (Å²) in [5, 5.41) is 29.7. The van der Waals surface area contributed by atoms with E-state index in [9.17, 15) is 19.5 Å². The third kappa shape index (κ3) is 7.83. The fraction of sp³-hybridized carbons (Fsp3) is 0.450. The van der Waals surface area contributed by atoms with E-state index in [2.05, 4.69) is 15.5 Å². The van der Waals surface area contributed by atoms with Gasteiger partial charge in [0.1, 0.15) is 11.5 Å². The summed E-state index contributed by atoms with van der Waals surface area (Å²) in [7, 11) is 0. The first kappa shape index (κ1) is 24.6. The maximum atomic E-state index is 11.6. The number of benzene rings is 1. The van der Waals surface area contributed by atoms with Crippen molar-refractivity contribution in [2.75, 3.05) is 17.7 Å². The Morgan fingerprint density at radius 3 is 2.68 bits per heavy atom. The zero-order valence-electron chi connectivity index (χ0n) is 17.3. The molecule has 1 heterocycles. The van der Waals surface area contributed by atoms with Crippen molar-refractivity contribution in [1.29, 1.82) is 0 Å². The number of aromatic nitrogens is 2. The predicted molar refractivity (Wildman–Crippen MR) is 118 cm³/mol. The maximum absolute atomic E-state index is 11.6. The molecule has 0 aliphatic rings. The van der Waals surface area contributed by atoms with Crippen LogP contribution in [0.1, 0.15) is 55.5 Å². The number of aliphatic carboxylic acids is 1. The van der Waals surface area contributed by atoms with Crippen LogP contribution in [0.4, 0.5) is 5.13 Å². The van der Waals surface area contributed by atoms with Gasteiger partial charge in [0.2, 0.25) is 11.0 Å². The number of Topliss-reactive ketones (excluding diaryl/α,β-unsaturated/α-hetero) is 1. The number of amides is 1. The number of aromatic hydroxyl groups is 1. The van der Waals surface area contributed by atoms with E-state index in [0.717, 1.165) is 6.42 Å². The molecule has 0 saturated heterocycles. The Morgan fingerprint density at radius 2 is 2.00 bits per heavy atom. The first-order chi connectivity index (χ1) is 14.8. The fourth-order valence-corrected chi connectivity index (χ4v) is 4.40. The molecule has 0 aliphatic carbocycles. The SMILES string of the molecule is CCCc1c(OCCCSc2nnc(NC(=O)CCC(=O)O)s2)ccc(C(C)=O)c1O. The molecule has 0 fully saturated rings. The molecule has 1 amide bonds. The second kappa shape index (κ2) is 12.3. The molecule has 9 nitrogen and oxygen atoms in total. The molecule has 31 heavy (non-hydrogen) atoms. The largest absolute Gasteiger partial charge is 0.507 e. The monoisotopic (exact) mass is 467 g/mol. The van der Waals surface area contributed by atoms with Crippen LogP contribution in [-0.2, 0) is 16.0 Å². The average molecular weight is 468 g/mol. The molecule has 0 radical (unpaired) electrons. The minimum Gasteiger partial charge on any atom is -0.507 e. The number of phenolic OH excluding ortho intramolecular Hbond substituents is 1. The number of rotatable bonds is 13. The molecule has 11 heteroatoms. The molecule has 0 bridgehead atoms. The molecule has 1 aromatic carbocycles. The van der Waals surface area contributed by atoms with Crippen LogP contribution < -0.4 is 10.1 Å². The standard InChI is InChI=1S/C20H25N3O6S2/c1-3-5-14-15(7-6-13(12(2)24)18(14)28)29-10-4-11-30-20-23-22-19(31-20)21-16(25)8-9-17(26)27/h6-7,28H,3-5,8-11H2,1-2H3,(H,26,27)(H,21,22,25). The predicted octanol–water partition coefficient (Wildman–Crippen LogP) is 3.76. The summed E-state index contributed by atoms with van der Waals surface area (Å²) < 4.78 is 6.51. The molecule has 0 saturated carbocycles. The van der Waals surface area contributed by atoms with Crippen molar-refractivity contribution >= 4 is 45.9 Å². The van der Waals surface area contributed by atoms with Gasteiger partial charge in [-0.15, -0.1) is 10.2 Å². The smallest absolute Gasteiger partial charge is 0.303 e. The van der Waals surface area contributed by atoms with Gasteiger partial charge in [-0.25, -0.2) is 0 Å². The van der Waals surface area contributed by atoms with E-state index in [1.165, 1.54) is 30.0 Å². The molecule has 2 rings (SSSR count). The molecular formula is C20H25N3O6S2. The van der Waals surface area contributed by atoms with Crippen LogP contribution in [0.3, 0.4) is 0 Å². The molecule has 0 atom stereocenters. The highest BCUT2D eigenvalue weighted by molar-refractivity contribution is 8.01. The molecule has 0 spiro atoms. The van der Waals surface area contributed by atoms with Crippen LogP contribution in [0, 0.1) is 0 Å². The lowest BCUT2D eigenvalue weighted by molar-refractivity contribution is -0.138. The first-order valence-electron chi connectivity index (χ1n) is 9.78. The molecule has 2 aromatic rings. The van der Waals surface area contributed by atoms with E-state index in [0.29, 0.717) is 51.5 Å². The third-order valence-corrected chi connectivity index (χ3v) is 6.17. The summed E-state index contributed by atoms with van der Waals surface area (Å²) in [5.41, 5.74) is 0.948. The molecular weight excluding hydrogens is 442 g/mol. The number of carboxylic acid groups (broad SMARTS) is 1. The quantitative estimate of drug-likeness (QED) is 0.174. The number of phenols is 1. The van der Waals surface area contributed by atoms with Gasteiger partial charge in [0.15, 0.2) is 10.1 Å². The van der Waals surface area contributed by atoms with Crippen LogP contribution >= 0.6 is 23.1 Å². The van der Waals surface area contributed by atoms with Gasteiger partial charge in [-0.3, -0.25) is 14.4 Å². The van der Waals surface area contributed by atoms with E-state index in [1.54, 1.807) is 12.1 Å². The van der Waals surface area contributed by atoms with Crippen LogP contribution in [0.5, 0.6) is 11.5 Å². The Bertz CT molecular complexity index is 932. The summed E-state index contributed by atoms with van der Waals surface area (Å²) in [5.74, 6) is -0.345. The number of nitrogens with zero attached hydrogens (tertiary/aromatic N) is 2. The van der Waals surface area contributed by atoms with Gasteiger partial charge in [0.05, 0.1) is 18.6 Å². The molecule has 1 aromatic heterocycles. The van der Waals surface area contributed by atoms with Crippen molar-refractivity contribution < 1.29 is 29.3 Å². The Morgan fingerprint density at radius 1 is 1.23 bits per heavy atom. The van der Waals surface area contributed by atoms with Gasteiger partial charge in [-0.2, -0.15) is 0 Å². The average Bonchev–Trinajstić information content (AvgIpc) is 3.15. The lowest BCUT2D eigenvalue weighted by Crippen LogP contribution is -2.12. The normalized spacial score (nSPS) is 10.6. The first-order valence-corrected chi connectivity index (χ1v) is 11.6. The summed E-state index contributed by atoms with van der Waals surface area (Å²) in [4.78, 5) is 33.7. The van der Waals surface area contributed by atoms with E-state index < -0.39 is 11.9 Å². The Labute approximate surface area is 188 Å². The summed E-state index contributed by atoms with van der Waals surface area (Å²) >= 11 is 2.69. The fourth-order valence-electron chi connectivity index (χ4n) is 2.65. The van der Waals surface area contributed by atoms with E-state index in [1.807, 2.05) is 6.92 Å². The lowest BCUT2D eigenvalue weighted by atomic mass is 10.0. The van der Waals surface area contributed by atoms with Crippen molar-refractivity contribution in [2.24, 2.45) is 0 Å².